The maximum atomic E-state index is 10.8. The SMILES string of the molecule is CC(=O)OC1=c2ccccc2=C[I-]1. The molecule has 0 aromatic heterocycles. The van der Waals surface area contributed by atoms with Crippen LogP contribution in [0, 0.1) is 0 Å². The first-order chi connectivity index (χ1) is 6.27. The number of fused-ring (bicyclic) bond motifs is 1. The molecular formula is C10H8IO2-. The zero-order chi connectivity index (χ0) is 9.26. The van der Waals surface area contributed by atoms with Gasteiger partial charge in [-0.1, -0.05) is 0 Å². The molecule has 0 radical (unpaired) electrons. The van der Waals surface area contributed by atoms with Crippen LogP contribution in [0.25, 0.3) is 7.85 Å². The van der Waals surface area contributed by atoms with Gasteiger partial charge in [0.25, 0.3) is 0 Å². The fourth-order valence-corrected chi connectivity index (χ4v) is 3.57. The van der Waals surface area contributed by atoms with Gasteiger partial charge >= 0.3 is 86.2 Å². The van der Waals surface area contributed by atoms with Crippen molar-refractivity contribution in [3.8, 4) is 0 Å². The Kier molecular flexibility index (Phi) is 2.35. The van der Waals surface area contributed by atoms with Gasteiger partial charge in [-0.3, -0.25) is 0 Å². The Hall–Kier alpha value is -0.840. The predicted molar refractivity (Wildman–Crippen MR) is 45.3 cm³/mol. The fourth-order valence-electron chi connectivity index (χ4n) is 1.14. The third-order valence-corrected chi connectivity index (χ3v) is 4.03. The third kappa shape index (κ3) is 1.75. The van der Waals surface area contributed by atoms with Crippen molar-refractivity contribution in [1.29, 1.82) is 0 Å². The summed E-state index contributed by atoms with van der Waals surface area (Å²) in [5, 5.41) is 2.29. The number of halogens is 1. The van der Waals surface area contributed by atoms with Crippen LogP contribution in [-0.4, -0.2) is 5.97 Å². The van der Waals surface area contributed by atoms with Gasteiger partial charge in [-0.05, 0) is 0 Å². The van der Waals surface area contributed by atoms with E-state index in [2.05, 4.69) is 4.08 Å². The van der Waals surface area contributed by atoms with E-state index in [1.807, 2.05) is 24.3 Å². The molecule has 1 aromatic carbocycles. The van der Waals surface area contributed by atoms with Gasteiger partial charge in [-0.15, -0.1) is 0 Å². The van der Waals surface area contributed by atoms with Gasteiger partial charge < -0.3 is 0 Å². The Morgan fingerprint density at radius 1 is 1.38 bits per heavy atom. The molecule has 0 amide bonds. The molecule has 13 heavy (non-hydrogen) atoms. The van der Waals surface area contributed by atoms with Crippen molar-refractivity contribution in [3.05, 3.63) is 34.7 Å². The molecule has 2 nitrogen and oxygen atoms in total. The second-order valence-electron chi connectivity index (χ2n) is 2.67. The van der Waals surface area contributed by atoms with Gasteiger partial charge in [0.15, 0.2) is 0 Å². The molecular weight excluding hydrogens is 279 g/mol. The number of hydrogen-bond donors (Lipinski definition) is 0. The summed E-state index contributed by atoms with van der Waals surface area (Å²) >= 11 is -0.238. The summed E-state index contributed by atoms with van der Waals surface area (Å²) in [4.78, 5) is 10.8. The molecule has 0 saturated heterocycles. The quantitative estimate of drug-likeness (QED) is 0.411. The van der Waals surface area contributed by atoms with Crippen molar-refractivity contribution >= 4 is 13.8 Å². The standard InChI is InChI=1S/C10H8IO2/c1-7(12)13-10-9-5-3-2-4-8(9)6-11-10/h2-6H,1H3/q-1. The van der Waals surface area contributed by atoms with Crippen molar-refractivity contribution in [3.63, 3.8) is 0 Å². The van der Waals surface area contributed by atoms with Gasteiger partial charge in [0.1, 0.15) is 0 Å². The molecule has 2 rings (SSSR count). The van der Waals surface area contributed by atoms with E-state index in [0.717, 1.165) is 8.98 Å². The van der Waals surface area contributed by atoms with Crippen LogP contribution in [0.1, 0.15) is 6.92 Å². The Morgan fingerprint density at radius 3 is 2.92 bits per heavy atom. The summed E-state index contributed by atoms with van der Waals surface area (Å²) in [7, 11) is 0. The summed E-state index contributed by atoms with van der Waals surface area (Å²) in [5.74, 6) is -0.222. The average Bonchev–Trinajstić information content (AvgIpc) is 2.48. The first-order valence-corrected chi connectivity index (χ1v) is 6.21. The van der Waals surface area contributed by atoms with E-state index in [9.17, 15) is 4.79 Å². The topological polar surface area (TPSA) is 26.3 Å². The Morgan fingerprint density at radius 2 is 2.15 bits per heavy atom. The Balaban J connectivity index is 2.54. The number of carbonyl (C=O) groups excluding carboxylic acids is 1. The zero-order valence-electron chi connectivity index (χ0n) is 7.08. The Labute approximate surface area is 86.2 Å². The molecule has 1 heterocycles. The predicted octanol–water partition coefficient (Wildman–Crippen LogP) is -2.84. The van der Waals surface area contributed by atoms with E-state index in [1.165, 1.54) is 12.1 Å². The molecule has 68 valence electrons. The summed E-state index contributed by atoms with van der Waals surface area (Å²) in [5.41, 5.74) is 0. The van der Waals surface area contributed by atoms with Crippen LogP contribution >= 0.6 is 0 Å². The molecule has 1 aliphatic rings. The van der Waals surface area contributed by atoms with Crippen LogP contribution in [0.5, 0.6) is 0 Å². The minimum absolute atomic E-state index is 0.222. The van der Waals surface area contributed by atoms with Crippen LogP contribution in [-0.2, 0) is 9.53 Å². The van der Waals surface area contributed by atoms with Crippen LogP contribution in [0.3, 0.4) is 0 Å². The van der Waals surface area contributed by atoms with Gasteiger partial charge in [0.05, 0.1) is 0 Å². The molecule has 0 N–H and O–H groups in total. The van der Waals surface area contributed by atoms with E-state index in [0.29, 0.717) is 0 Å². The van der Waals surface area contributed by atoms with E-state index in [4.69, 9.17) is 4.74 Å². The summed E-state index contributed by atoms with van der Waals surface area (Å²) in [6, 6.07) is 8.00. The number of ether oxygens (including phenoxy) is 1. The van der Waals surface area contributed by atoms with Crippen molar-refractivity contribution < 1.29 is 30.7 Å². The first kappa shape index (κ1) is 8.74. The molecule has 0 aliphatic carbocycles. The number of hydrogen-bond acceptors (Lipinski definition) is 2. The molecule has 0 bridgehead atoms. The second kappa shape index (κ2) is 3.49. The molecule has 0 saturated carbocycles. The third-order valence-electron chi connectivity index (χ3n) is 1.68. The fraction of sp³-hybridized carbons (Fsp3) is 0.100. The van der Waals surface area contributed by atoms with Crippen LogP contribution in [0.2, 0.25) is 0 Å². The number of esters is 1. The molecule has 3 heteroatoms. The van der Waals surface area contributed by atoms with E-state index in [-0.39, 0.29) is 27.2 Å². The summed E-state index contributed by atoms with van der Waals surface area (Å²) in [6.07, 6.45) is 0. The normalized spacial score (nSPS) is 14.1. The molecule has 0 unspecified atom stereocenters. The summed E-state index contributed by atoms with van der Waals surface area (Å²) in [6.45, 7) is 1.44. The van der Waals surface area contributed by atoms with Gasteiger partial charge in [-0.25, -0.2) is 0 Å². The molecule has 1 aromatic rings. The number of benzene rings is 1. The average molecular weight is 287 g/mol. The van der Waals surface area contributed by atoms with Crippen molar-refractivity contribution in [2.24, 2.45) is 0 Å². The molecule has 0 fully saturated rings. The van der Waals surface area contributed by atoms with E-state index >= 15 is 0 Å². The second-order valence-corrected chi connectivity index (χ2v) is 4.90. The monoisotopic (exact) mass is 287 g/mol. The van der Waals surface area contributed by atoms with Gasteiger partial charge in [-0.2, -0.15) is 0 Å². The Bertz CT molecular complexity index is 462. The zero-order valence-corrected chi connectivity index (χ0v) is 9.24. The first-order valence-electron chi connectivity index (χ1n) is 3.89. The summed E-state index contributed by atoms with van der Waals surface area (Å²) < 4.78 is 8.18. The minimum atomic E-state index is -0.238. The van der Waals surface area contributed by atoms with Crippen LogP contribution in [0.15, 0.2) is 24.3 Å². The van der Waals surface area contributed by atoms with Crippen molar-refractivity contribution in [2.45, 2.75) is 6.92 Å². The van der Waals surface area contributed by atoms with Crippen molar-refractivity contribution in [1.82, 2.24) is 0 Å². The van der Waals surface area contributed by atoms with Gasteiger partial charge in [0.2, 0.25) is 0 Å². The van der Waals surface area contributed by atoms with Crippen LogP contribution < -0.4 is 31.6 Å². The van der Waals surface area contributed by atoms with Crippen LogP contribution in [0.4, 0.5) is 0 Å². The maximum absolute atomic E-state index is 10.8. The van der Waals surface area contributed by atoms with E-state index < -0.39 is 0 Å². The van der Waals surface area contributed by atoms with E-state index in [1.54, 1.807) is 0 Å². The molecule has 0 atom stereocenters. The van der Waals surface area contributed by atoms with Gasteiger partial charge in [0, 0.05) is 0 Å². The van der Waals surface area contributed by atoms with Crippen molar-refractivity contribution in [2.75, 3.05) is 0 Å². The number of rotatable bonds is 1. The number of carbonyl (C=O) groups is 1. The molecule has 0 spiro atoms. The molecule has 1 aliphatic heterocycles.